The average molecular weight is 236 g/mol. The molecule has 1 aliphatic rings. The topological polar surface area (TPSA) is 64.3 Å². The minimum atomic E-state index is -0.164. The SMILES string of the molecule is NC(=S)CNC(=O)c1ccc2c(c1)COC2. The van der Waals surface area contributed by atoms with Gasteiger partial charge in [0.25, 0.3) is 5.91 Å². The molecular weight excluding hydrogens is 224 g/mol. The second kappa shape index (κ2) is 4.59. The molecule has 0 spiro atoms. The van der Waals surface area contributed by atoms with Gasteiger partial charge < -0.3 is 15.8 Å². The molecule has 0 fully saturated rings. The van der Waals surface area contributed by atoms with Gasteiger partial charge in [-0.2, -0.15) is 0 Å². The van der Waals surface area contributed by atoms with E-state index in [-0.39, 0.29) is 17.4 Å². The number of carbonyl (C=O) groups excluding carboxylic acids is 1. The highest BCUT2D eigenvalue weighted by Crippen LogP contribution is 2.20. The maximum Gasteiger partial charge on any atom is 0.251 e. The molecule has 1 aromatic rings. The first kappa shape index (κ1) is 11.0. The number of hydrogen-bond donors (Lipinski definition) is 2. The van der Waals surface area contributed by atoms with Gasteiger partial charge in [-0.15, -0.1) is 0 Å². The van der Waals surface area contributed by atoms with Crippen LogP contribution in [-0.4, -0.2) is 17.4 Å². The Morgan fingerprint density at radius 2 is 2.19 bits per heavy atom. The average Bonchev–Trinajstić information content (AvgIpc) is 2.72. The van der Waals surface area contributed by atoms with Crippen molar-refractivity contribution in [1.29, 1.82) is 0 Å². The molecule has 0 unspecified atom stereocenters. The van der Waals surface area contributed by atoms with Crippen LogP contribution in [-0.2, 0) is 18.0 Å². The van der Waals surface area contributed by atoms with Gasteiger partial charge in [0.05, 0.1) is 24.7 Å². The number of thiocarbonyl (C=S) groups is 1. The lowest BCUT2D eigenvalue weighted by Crippen LogP contribution is -2.32. The van der Waals surface area contributed by atoms with Crippen LogP contribution in [0.5, 0.6) is 0 Å². The molecule has 5 heteroatoms. The number of benzene rings is 1. The van der Waals surface area contributed by atoms with Gasteiger partial charge in [-0.05, 0) is 23.3 Å². The normalized spacial score (nSPS) is 13.2. The molecule has 0 atom stereocenters. The van der Waals surface area contributed by atoms with Crippen molar-refractivity contribution >= 4 is 23.1 Å². The third kappa shape index (κ3) is 2.37. The molecule has 1 amide bonds. The first-order chi connectivity index (χ1) is 7.66. The number of hydrogen-bond acceptors (Lipinski definition) is 3. The predicted octanol–water partition coefficient (Wildman–Crippen LogP) is 0.733. The van der Waals surface area contributed by atoms with Crippen molar-refractivity contribution in [3.8, 4) is 0 Å². The Morgan fingerprint density at radius 1 is 1.44 bits per heavy atom. The fraction of sp³-hybridized carbons (Fsp3) is 0.273. The third-order valence-electron chi connectivity index (χ3n) is 2.41. The Balaban J connectivity index is 2.09. The Morgan fingerprint density at radius 3 is 2.94 bits per heavy atom. The summed E-state index contributed by atoms with van der Waals surface area (Å²) in [5, 5.41) is 2.64. The van der Waals surface area contributed by atoms with Gasteiger partial charge in [-0.1, -0.05) is 18.3 Å². The summed E-state index contributed by atoms with van der Waals surface area (Å²) in [6.07, 6.45) is 0. The molecule has 3 N–H and O–H groups in total. The highest BCUT2D eigenvalue weighted by Gasteiger charge is 2.13. The lowest BCUT2D eigenvalue weighted by molar-refractivity contribution is 0.0959. The minimum absolute atomic E-state index is 0.164. The maximum atomic E-state index is 11.7. The number of nitrogens with one attached hydrogen (secondary N) is 1. The molecule has 0 saturated heterocycles. The summed E-state index contributed by atoms with van der Waals surface area (Å²) >= 11 is 4.69. The molecule has 0 aromatic heterocycles. The smallest absolute Gasteiger partial charge is 0.251 e. The zero-order valence-corrected chi connectivity index (χ0v) is 9.47. The van der Waals surface area contributed by atoms with E-state index in [1.165, 1.54) is 0 Å². The second-order valence-corrected chi connectivity index (χ2v) is 4.15. The van der Waals surface area contributed by atoms with Crippen LogP contribution in [0, 0.1) is 0 Å². The summed E-state index contributed by atoms with van der Waals surface area (Å²) in [4.78, 5) is 12.0. The van der Waals surface area contributed by atoms with Crippen molar-refractivity contribution in [3.05, 3.63) is 34.9 Å². The van der Waals surface area contributed by atoms with E-state index in [4.69, 9.17) is 10.5 Å². The van der Waals surface area contributed by atoms with E-state index >= 15 is 0 Å². The molecule has 2 rings (SSSR count). The van der Waals surface area contributed by atoms with Crippen LogP contribution in [0.25, 0.3) is 0 Å². The molecule has 0 radical (unpaired) electrons. The van der Waals surface area contributed by atoms with Crippen LogP contribution in [0.1, 0.15) is 21.5 Å². The fourth-order valence-corrected chi connectivity index (χ4v) is 1.65. The Labute approximate surface area is 98.8 Å². The van der Waals surface area contributed by atoms with Crippen molar-refractivity contribution in [1.82, 2.24) is 5.32 Å². The number of amides is 1. The summed E-state index contributed by atoms with van der Waals surface area (Å²) in [5.41, 5.74) is 8.13. The summed E-state index contributed by atoms with van der Waals surface area (Å²) in [7, 11) is 0. The number of ether oxygens (including phenoxy) is 1. The molecule has 0 aliphatic carbocycles. The summed E-state index contributed by atoms with van der Waals surface area (Å²) in [6, 6.07) is 5.54. The number of rotatable bonds is 3. The predicted molar refractivity (Wildman–Crippen MR) is 64.1 cm³/mol. The Kier molecular flexibility index (Phi) is 3.17. The van der Waals surface area contributed by atoms with Crippen LogP contribution in [0.2, 0.25) is 0 Å². The summed E-state index contributed by atoms with van der Waals surface area (Å²) in [6.45, 7) is 1.43. The highest BCUT2D eigenvalue weighted by atomic mass is 32.1. The van der Waals surface area contributed by atoms with E-state index in [2.05, 4.69) is 17.5 Å². The van der Waals surface area contributed by atoms with Crippen LogP contribution < -0.4 is 11.1 Å². The number of fused-ring (bicyclic) bond motifs is 1. The van der Waals surface area contributed by atoms with E-state index < -0.39 is 0 Å². The van der Waals surface area contributed by atoms with Crippen molar-refractivity contribution in [2.75, 3.05) is 6.54 Å². The summed E-state index contributed by atoms with van der Waals surface area (Å²) < 4.78 is 5.28. The van der Waals surface area contributed by atoms with Crippen molar-refractivity contribution in [3.63, 3.8) is 0 Å². The van der Waals surface area contributed by atoms with Crippen molar-refractivity contribution in [2.45, 2.75) is 13.2 Å². The third-order valence-corrected chi connectivity index (χ3v) is 2.55. The van der Waals surface area contributed by atoms with Gasteiger partial charge in [0.1, 0.15) is 0 Å². The highest BCUT2D eigenvalue weighted by molar-refractivity contribution is 7.80. The molecular formula is C11H12N2O2S. The quantitative estimate of drug-likeness (QED) is 0.759. The van der Waals surface area contributed by atoms with Gasteiger partial charge in [0, 0.05) is 5.56 Å². The Bertz CT molecular complexity index is 446. The molecule has 84 valence electrons. The van der Waals surface area contributed by atoms with Crippen LogP contribution in [0.3, 0.4) is 0 Å². The van der Waals surface area contributed by atoms with Crippen molar-refractivity contribution in [2.24, 2.45) is 5.73 Å². The molecule has 1 heterocycles. The van der Waals surface area contributed by atoms with Gasteiger partial charge in [0.2, 0.25) is 0 Å². The maximum absolute atomic E-state index is 11.7. The molecule has 16 heavy (non-hydrogen) atoms. The van der Waals surface area contributed by atoms with E-state index in [9.17, 15) is 4.79 Å². The van der Waals surface area contributed by atoms with Crippen LogP contribution >= 0.6 is 12.2 Å². The van der Waals surface area contributed by atoms with Gasteiger partial charge in [0.15, 0.2) is 0 Å². The van der Waals surface area contributed by atoms with E-state index in [0.717, 1.165) is 11.1 Å². The van der Waals surface area contributed by atoms with Crippen LogP contribution in [0.4, 0.5) is 0 Å². The monoisotopic (exact) mass is 236 g/mol. The first-order valence-electron chi connectivity index (χ1n) is 4.93. The molecule has 0 saturated carbocycles. The molecule has 1 aromatic carbocycles. The lowest BCUT2D eigenvalue weighted by atomic mass is 10.1. The lowest BCUT2D eigenvalue weighted by Gasteiger charge is -2.05. The van der Waals surface area contributed by atoms with Gasteiger partial charge in [-0.3, -0.25) is 4.79 Å². The zero-order chi connectivity index (χ0) is 11.5. The van der Waals surface area contributed by atoms with Gasteiger partial charge in [-0.25, -0.2) is 0 Å². The number of carbonyl (C=O) groups is 1. The molecule has 0 bridgehead atoms. The second-order valence-electron chi connectivity index (χ2n) is 3.63. The number of nitrogens with two attached hydrogens (primary N) is 1. The van der Waals surface area contributed by atoms with E-state index in [1.54, 1.807) is 6.07 Å². The van der Waals surface area contributed by atoms with Crippen molar-refractivity contribution < 1.29 is 9.53 Å². The first-order valence-corrected chi connectivity index (χ1v) is 5.33. The largest absolute Gasteiger partial charge is 0.392 e. The fourth-order valence-electron chi connectivity index (χ4n) is 1.58. The van der Waals surface area contributed by atoms with Gasteiger partial charge >= 0.3 is 0 Å². The zero-order valence-electron chi connectivity index (χ0n) is 8.66. The Hall–Kier alpha value is -1.46. The van der Waals surface area contributed by atoms with E-state index in [1.807, 2.05) is 12.1 Å². The van der Waals surface area contributed by atoms with E-state index in [0.29, 0.717) is 18.8 Å². The van der Waals surface area contributed by atoms with Crippen LogP contribution in [0.15, 0.2) is 18.2 Å². The molecule has 1 aliphatic heterocycles. The standard InChI is InChI=1S/C11H12N2O2S/c12-10(16)4-13-11(14)7-1-2-8-5-15-6-9(8)3-7/h1-3H,4-6H2,(H2,12,16)(H,13,14). The summed E-state index contributed by atoms with van der Waals surface area (Å²) in [5.74, 6) is -0.164. The minimum Gasteiger partial charge on any atom is -0.392 e. The molecule has 4 nitrogen and oxygen atoms in total.